The van der Waals surface area contributed by atoms with Gasteiger partial charge in [-0.25, -0.2) is 0 Å². The summed E-state index contributed by atoms with van der Waals surface area (Å²) in [7, 11) is 0. The maximum atomic E-state index is 11.0. The summed E-state index contributed by atoms with van der Waals surface area (Å²) < 4.78 is 0. The normalized spacial score (nSPS) is 10.2. The van der Waals surface area contributed by atoms with E-state index in [-0.39, 0.29) is 5.91 Å². The van der Waals surface area contributed by atoms with Gasteiger partial charge in [0.15, 0.2) is 0 Å². The number of carbonyl (C=O) groups is 1. The zero-order valence-electron chi connectivity index (χ0n) is 11.2. The number of hydrogen-bond donors (Lipinski definition) is 2. The van der Waals surface area contributed by atoms with Crippen LogP contribution in [0.5, 0.6) is 0 Å². The minimum absolute atomic E-state index is 0.0528. The lowest BCUT2D eigenvalue weighted by molar-refractivity contribution is -0.114. The molecule has 19 heavy (non-hydrogen) atoms. The van der Waals surface area contributed by atoms with Gasteiger partial charge in [-0.2, -0.15) is 0 Å². The summed E-state index contributed by atoms with van der Waals surface area (Å²) >= 11 is 1.83. The summed E-state index contributed by atoms with van der Waals surface area (Å²) in [4.78, 5) is 13.7. The standard InChI is InChI=1S/C15H18N2OS/c1-3-14-7-8-15(19-14)10-16-12-5-4-6-13(9-12)17-11(2)18/h4-9,16H,3,10H2,1-2H3,(H,17,18). The second-order valence-corrected chi connectivity index (χ2v) is 5.59. The quantitative estimate of drug-likeness (QED) is 0.868. The number of rotatable bonds is 5. The van der Waals surface area contributed by atoms with Gasteiger partial charge in [0.2, 0.25) is 5.91 Å². The minimum Gasteiger partial charge on any atom is -0.380 e. The first-order valence-electron chi connectivity index (χ1n) is 6.36. The fourth-order valence-electron chi connectivity index (χ4n) is 1.81. The Kier molecular flexibility index (Phi) is 4.58. The van der Waals surface area contributed by atoms with Crippen molar-refractivity contribution in [1.29, 1.82) is 0 Å². The molecule has 0 saturated heterocycles. The predicted molar refractivity (Wildman–Crippen MR) is 81.8 cm³/mol. The number of anilines is 2. The van der Waals surface area contributed by atoms with Gasteiger partial charge in [-0.15, -0.1) is 11.3 Å². The van der Waals surface area contributed by atoms with Crippen molar-refractivity contribution in [2.24, 2.45) is 0 Å². The Hall–Kier alpha value is -1.81. The van der Waals surface area contributed by atoms with E-state index in [0.29, 0.717) is 0 Å². The largest absolute Gasteiger partial charge is 0.380 e. The minimum atomic E-state index is -0.0528. The van der Waals surface area contributed by atoms with E-state index in [2.05, 4.69) is 29.7 Å². The van der Waals surface area contributed by atoms with Gasteiger partial charge in [0.05, 0.1) is 0 Å². The molecule has 0 atom stereocenters. The van der Waals surface area contributed by atoms with Crippen molar-refractivity contribution in [3.8, 4) is 0 Å². The molecule has 4 heteroatoms. The molecule has 2 rings (SSSR count). The van der Waals surface area contributed by atoms with Crippen LogP contribution in [0.3, 0.4) is 0 Å². The highest BCUT2D eigenvalue weighted by Gasteiger charge is 2.00. The van der Waals surface area contributed by atoms with Crippen LogP contribution in [0.25, 0.3) is 0 Å². The van der Waals surface area contributed by atoms with Crippen molar-refractivity contribution < 1.29 is 4.79 Å². The van der Waals surface area contributed by atoms with Gasteiger partial charge >= 0.3 is 0 Å². The molecule has 2 N–H and O–H groups in total. The fraction of sp³-hybridized carbons (Fsp3) is 0.267. The van der Waals surface area contributed by atoms with Gasteiger partial charge in [-0.1, -0.05) is 13.0 Å². The van der Waals surface area contributed by atoms with E-state index in [9.17, 15) is 4.79 Å². The monoisotopic (exact) mass is 274 g/mol. The molecule has 100 valence electrons. The highest BCUT2D eigenvalue weighted by atomic mass is 32.1. The first-order chi connectivity index (χ1) is 9.17. The molecule has 0 bridgehead atoms. The first-order valence-corrected chi connectivity index (χ1v) is 7.18. The van der Waals surface area contributed by atoms with Gasteiger partial charge in [0.25, 0.3) is 0 Å². The van der Waals surface area contributed by atoms with Gasteiger partial charge in [-0.05, 0) is 36.8 Å². The van der Waals surface area contributed by atoms with Gasteiger partial charge in [0, 0.05) is 34.6 Å². The van der Waals surface area contributed by atoms with Crippen molar-refractivity contribution in [1.82, 2.24) is 0 Å². The van der Waals surface area contributed by atoms with Crippen molar-refractivity contribution in [3.63, 3.8) is 0 Å². The van der Waals surface area contributed by atoms with Crippen LogP contribution in [0.4, 0.5) is 11.4 Å². The number of thiophene rings is 1. The van der Waals surface area contributed by atoms with Gasteiger partial charge < -0.3 is 10.6 Å². The van der Waals surface area contributed by atoms with Crippen molar-refractivity contribution in [2.75, 3.05) is 10.6 Å². The summed E-state index contributed by atoms with van der Waals surface area (Å²) in [5.74, 6) is -0.0528. The molecule has 1 heterocycles. The summed E-state index contributed by atoms with van der Waals surface area (Å²) in [6.07, 6.45) is 1.09. The summed E-state index contributed by atoms with van der Waals surface area (Å²) in [6, 6.07) is 12.1. The molecule has 0 unspecified atom stereocenters. The Morgan fingerprint density at radius 3 is 2.58 bits per heavy atom. The number of amides is 1. The highest BCUT2D eigenvalue weighted by Crippen LogP contribution is 2.20. The molecule has 2 aromatic rings. The zero-order valence-corrected chi connectivity index (χ0v) is 12.0. The lowest BCUT2D eigenvalue weighted by atomic mass is 10.2. The van der Waals surface area contributed by atoms with E-state index in [1.165, 1.54) is 16.7 Å². The van der Waals surface area contributed by atoms with Crippen LogP contribution in [0.15, 0.2) is 36.4 Å². The average Bonchev–Trinajstić information content (AvgIpc) is 2.84. The van der Waals surface area contributed by atoms with Crippen molar-refractivity contribution >= 4 is 28.6 Å². The molecule has 0 aliphatic carbocycles. The van der Waals surface area contributed by atoms with Crippen LogP contribution in [0, 0.1) is 0 Å². The summed E-state index contributed by atoms with van der Waals surface area (Å²) in [5.41, 5.74) is 1.83. The van der Waals surface area contributed by atoms with E-state index in [1.54, 1.807) is 0 Å². The smallest absolute Gasteiger partial charge is 0.221 e. The zero-order chi connectivity index (χ0) is 13.7. The number of carbonyl (C=O) groups excluding carboxylic acids is 1. The van der Waals surface area contributed by atoms with Crippen LogP contribution in [-0.4, -0.2) is 5.91 Å². The summed E-state index contributed by atoms with van der Waals surface area (Å²) in [6.45, 7) is 4.49. The Labute approximate surface area is 117 Å². The Bertz CT molecular complexity index is 563. The molecule has 1 aromatic carbocycles. The van der Waals surface area contributed by atoms with Gasteiger partial charge in [-0.3, -0.25) is 4.79 Å². The molecule has 0 saturated carbocycles. The van der Waals surface area contributed by atoms with E-state index in [4.69, 9.17) is 0 Å². The van der Waals surface area contributed by atoms with E-state index in [1.807, 2.05) is 35.6 Å². The third-order valence-corrected chi connectivity index (χ3v) is 3.95. The van der Waals surface area contributed by atoms with Crippen LogP contribution < -0.4 is 10.6 Å². The fourth-order valence-corrected chi connectivity index (χ4v) is 2.70. The molecule has 0 radical (unpaired) electrons. The second kappa shape index (κ2) is 6.38. The SMILES string of the molecule is CCc1ccc(CNc2cccc(NC(C)=O)c2)s1. The lowest BCUT2D eigenvalue weighted by Gasteiger charge is -2.07. The molecule has 3 nitrogen and oxygen atoms in total. The summed E-state index contributed by atoms with van der Waals surface area (Å²) in [5, 5.41) is 6.15. The van der Waals surface area contributed by atoms with Crippen molar-refractivity contribution in [3.05, 3.63) is 46.2 Å². The lowest BCUT2D eigenvalue weighted by Crippen LogP contribution is -2.06. The average molecular weight is 274 g/mol. The van der Waals surface area contributed by atoms with E-state index < -0.39 is 0 Å². The maximum absolute atomic E-state index is 11.0. The highest BCUT2D eigenvalue weighted by molar-refractivity contribution is 7.12. The third kappa shape index (κ3) is 4.10. The first kappa shape index (κ1) is 13.6. The predicted octanol–water partition coefficient (Wildman–Crippen LogP) is 3.88. The molecule has 1 aromatic heterocycles. The Morgan fingerprint density at radius 2 is 1.89 bits per heavy atom. The molecule has 0 spiro atoms. The van der Waals surface area contributed by atoms with Gasteiger partial charge in [0.1, 0.15) is 0 Å². The Morgan fingerprint density at radius 1 is 1.16 bits per heavy atom. The molecule has 1 amide bonds. The number of benzene rings is 1. The van der Waals surface area contributed by atoms with E-state index in [0.717, 1.165) is 24.3 Å². The molecular weight excluding hydrogens is 256 g/mol. The number of hydrogen-bond acceptors (Lipinski definition) is 3. The van der Waals surface area contributed by atoms with Crippen LogP contribution in [-0.2, 0) is 17.8 Å². The number of nitrogens with one attached hydrogen (secondary N) is 2. The molecule has 0 fully saturated rings. The third-order valence-electron chi connectivity index (χ3n) is 2.72. The maximum Gasteiger partial charge on any atom is 0.221 e. The number of aryl methyl sites for hydroxylation is 1. The molecule has 0 aliphatic rings. The molecular formula is C15H18N2OS. The van der Waals surface area contributed by atoms with Crippen LogP contribution >= 0.6 is 11.3 Å². The topological polar surface area (TPSA) is 41.1 Å². The van der Waals surface area contributed by atoms with Crippen LogP contribution in [0.1, 0.15) is 23.6 Å². The Balaban J connectivity index is 1.97. The second-order valence-electron chi connectivity index (χ2n) is 4.34. The molecule has 0 aliphatic heterocycles. The van der Waals surface area contributed by atoms with E-state index >= 15 is 0 Å². The van der Waals surface area contributed by atoms with Crippen LogP contribution in [0.2, 0.25) is 0 Å². The van der Waals surface area contributed by atoms with Crippen molar-refractivity contribution in [2.45, 2.75) is 26.8 Å².